The van der Waals surface area contributed by atoms with Gasteiger partial charge in [-0.15, -0.1) is 0 Å². The van der Waals surface area contributed by atoms with Crippen LogP contribution in [0.3, 0.4) is 0 Å². The molecule has 1 amide bonds. The van der Waals surface area contributed by atoms with Gasteiger partial charge >= 0.3 is 0 Å². The summed E-state index contributed by atoms with van der Waals surface area (Å²) in [5.74, 6) is -0.192. The Morgan fingerprint density at radius 1 is 1.09 bits per heavy atom. The fraction of sp³-hybridized carbons (Fsp3) is 0.448. The van der Waals surface area contributed by atoms with Gasteiger partial charge in [-0.05, 0) is 59.6 Å². The van der Waals surface area contributed by atoms with E-state index in [2.05, 4.69) is 34.6 Å². The van der Waals surface area contributed by atoms with E-state index in [0.717, 1.165) is 22.4 Å². The van der Waals surface area contributed by atoms with Crippen molar-refractivity contribution < 1.29 is 19.4 Å². The number of amides is 1. The molecule has 5 heteroatoms. The lowest BCUT2D eigenvalue weighted by molar-refractivity contribution is -0.139. The van der Waals surface area contributed by atoms with Gasteiger partial charge in [0, 0.05) is 12.1 Å². The molecule has 1 aliphatic heterocycles. The Balaban J connectivity index is 2.13. The highest BCUT2D eigenvalue weighted by Crippen LogP contribution is 2.41. The summed E-state index contributed by atoms with van der Waals surface area (Å²) in [7, 11) is 0. The number of nitrogens with zero attached hydrogens (tertiary/aromatic N) is 1. The Morgan fingerprint density at radius 3 is 2.29 bits per heavy atom. The van der Waals surface area contributed by atoms with Gasteiger partial charge in [-0.1, -0.05) is 65.8 Å². The second kappa shape index (κ2) is 10.0. The summed E-state index contributed by atoms with van der Waals surface area (Å²) < 4.78 is 5.80. The van der Waals surface area contributed by atoms with Crippen molar-refractivity contribution in [2.75, 3.05) is 13.2 Å². The van der Waals surface area contributed by atoms with Gasteiger partial charge in [-0.3, -0.25) is 9.59 Å². The first-order valence-electron chi connectivity index (χ1n) is 12.1. The number of Topliss-reactive ketones (excluding diaryl/α,β-unsaturated/α-hetero) is 1. The van der Waals surface area contributed by atoms with Crippen molar-refractivity contribution in [3.8, 4) is 5.75 Å². The zero-order valence-corrected chi connectivity index (χ0v) is 21.4. The van der Waals surface area contributed by atoms with Crippen LogP contribution in [0.1, 0.15) is 76.3 Å². The molecule has 1 atom stereocenters. The quantitative estimate of drug-likeness (QED) is 0.303. The molecule has 5 nitrogen and oxygen atoms in total. The molecule has 1 aliphatic rings. The molecule has 0 aromatic heterocycles. The van der Waals surface area contributed by atoms with E-state index < -0.39 is 17.7 Å². The van der Waals surface area contributed by atoms with E-state index in [-0.39, 0.29) is 16.7 Å². The number of carbonyl (C=O) groups excluding carboxylic acids is 2. The molecule has 34 heavy (non-hydrogen) atoms. The van der Waals surface area contributed by atoms with Crippen molar-refractivity contribution in [2.24, 2.45) is 5.92 Å². The summed E-state index contributed by atoms with van der Waals surface area (Å²) in [6.45, 7) is 15.4. The minimum atomic E-state index is -0.642. The van der Waals surface area contributed by atoms with Crippen LogP contribution in [0, 0.1) is 12.8 Å². The van der Waals surface area contributed by atoms with Crippen molar-refractivity contribution in [1.29, 1.82) is 0 Å². The Kier molecular flexibility index (Phi) is 7.54. The SMILES string of the molecule is CCCN1C(=O)C(=O)/C(=C(/O)c2cc(C(C)(C)C)ccc2C)C1c1ccc(OCC(C)C)cc1. The van der Waals surface area contributed by atoms with E-state index in [9.17, 15) is 14.7 Å². The molecular formula is C29H37NO4. The molecule has 0 aliphatic carbocycles. The molecule has 0 bridgehead atoms. The molecule has 0 spiro atoms. The summed E-state index contributed by atoms with van der Waals surface area (Å²) in [6, 6.07) is 12.7. The van der Waals surface area contributed by atoms with Gasteiger partial charge in [0.2, 0.25) is 0 Å². The molecule has 2 aromatic rings. The van der Waals surface area contributed by atoms with Crippen LogP contribution in [0.15, 0.2) is 48.0 Å². The molecule has 1 N–H and O–H groups in total. The number of likely N-dealkylation sites (tertiary alicyclic amines) is 1. The lowest BCUT2D eigenvalue weighted by Crippen LogP contribution is -2.30. The highest BCUT2D eigenvalue weighted by atomic mass is 16.5. The molecule has 1 saturated heterocycles. The number of rotatable bonds is 7. The molecule has 2 aromatic carbocycles. The monoisotopic (exact) mass is 463 g/mol. The maximum Gasteiger partial charge on any atom is 0.295 e. The molecule has 3 rings (SSSR count). The molecular weight excluding hydrogens is 426 g/mol. The molecule has 0 radical (unpaired) electrons. The number of ether oxygens (including phenoxy) is 1. The highest BCUT2D eigenvalue weighted by Gasteiger charge is 2.45. The molecule has 0 saturated carbocycles. The maximum atomic E-state index is 13.2. The van der Waals surface area contributed by atoms with E-state index in [4.69, 9.17) is 4.74 Å². The fourth-order valence-corrected chi connectivity index (χ4v) is 4.20. The number of aliphatic hydroxyl groups excluding tert-OH is 1. The van der Waals surface area contributed by atoms with Crippen LogP contribution in [-0.2, 0) is 15.0 Å². The first-order valence-corrected chi connectivity index (χ1v) is 12.1. The van der Waals surface area contributed by atoms with Crippen LogP contribution in [-0.4, -0.2) is 34.8 Å². The number of benzene rings is 2. The second-order valence-corrected chi connectivity index (χ2v) is 10.5. The molecule has 1 fully saturated rings. The van der Waals surface area contributed by atoms with Crippen molar-refractivity contribution in [3.05, 3.63) is 70.3 Å². The van der Waals surface area contributed by atoms with Crippen LogP contribution < -0.4 is 4.74 Å². The van der Waals surface area contributed by atoms with Crippen LogP contribution in [0.2, 0.25) is 0 Å². The second-order valence-electron chi connectivity index (χ2n) is 10.5. The molecule has 1 heterocycles. The number of aryl methyl sites for hydroxylation is 1. The predicted octanol–water partition coefficient (Wildman–Crippen LogP) is 6.16. The van der Waals surface area contributed by atoms with E-state index in [1.54, 1.807) is 4.90 Å². The molecule has 182 valence electrons. The zero-order valence-electron chi connectivity index (χ0n) is 21.4. The summed E-state index contributed by atoms with van der Waals surface area (Å²) >= 11 is 0. The topological polar surface area (TPSA) is 66.8 Å². The lowest BCUT2D eigenvalue weighted by atomic mass is 9.84. The van der Waals surface area contributed by atoms with E-state index in [1.807, 2.05) is 56.3 Å². The third kappa shape index (κ3) is 5.19. The zero-order chi connectivity index (χ0) is 25.2. The van der Waals surface area contributed by atoms with Crippen molar-refractivity contribution >= 4 is 17.4 Å². The predicted molar refractivity (Wildman–Crippen MR) is 136 cm³/mol. The third-order valence-corrected chi connectivity index (χ3v) is 6.14. The number of carbonyl (C=O) groups is 2. The number of ketones is 1. The van der Waals surface area contributed by atoms with Gasteiger partial charge in [0.05, 0.1) is 18.2 Å². The van der Waals surface area contributed by atoms with Crippen molar-refractivity contribution in [3.63, 3.8) is 0 Å². The summed E-state index contributed by atoms with van der Waals surface area (Å²) in [5, 5.41) is 11.5. The first kappa shape index (κ1) is 25.5. The van der Waals surface area contributed by atoms with Crippen molar-refractivity contribution in [1.82, 2.24) is 4.90 Å². The van der Waals surface area contributed by atoms with Crippen LogP contribution in [0.5, 0.6) is 5.75 Å². The Labute approximate surface area is 203 Å². The fourth-order valence-electron chi connectivity index (χ4n) is 4.20. The standard InChI is InChI=1S/C29H37NO4/c1-8-15-30-25(20-10-13-22(14-11-20)34-17-18(2)3)24(27(32)28(30)33)26(31)23-16-21(29(5,6)7)12-9-19(23)4/h9-14,16,18,25,31H,8,15,17H2,1-7H3/b26-24+. The summed E-state index contributed by atoms with van der Waals surface area (Å²) in [4.78, 5) is 27.8. The van der Waals surface area contributed by atoms with E-state index in [1.165, 1.54) is 0 Å². The summed E-state index contributed by atoms with van der Waals surface area (Å²) in [5.41, 5.74) is 3.28. The number of aliphatic hydroxyl groups is 1. The van der Waals surface area contributed by atoms with Gasteiger partial charge in [0.15, 0.2) is 0 Å². The van der Waals surface area contributed by atoms with Crippen molar-refractivity contribution in [2.45, 2.75) is 66.3 Å². The average molecular weight is 464 g/mol. The Hall–Kier alpha value is -3.08. The Morgan fingerprint density at radius 2 is 1.74 bits per heavy atom. The molecule has 1 unspecified atom stereocenters. The van der Waals surface area contributed by atoms with E-state index >= 15 is 0 Å². The van der Waals surface area contributed by atoms with Gasteiger partial charge in [-0.25, -0.2) is 0 Å². The minimum Gasteiger partial charge on any atom is -0.507 e. The highest BCUT2D eigenvalue weighted by molar-refractivity contribution is 6.46. The van der Waals surface area contributed by atoms with Gasteiger partial charge < -0.3 is 14.7 Å². The summed E-state index contributed by atoms with van der Waals surface area (Å²) in [6.07, 6.45) is 0.706. The first-order chi connectivity index (χ1) is 16.0. The average Bonchev–Trinajstić information content (AvgIpc) is 3.02. The van der Waals surface area contributed by atoms with E-state index in [0.29, 0.717) is 31.1 Å². The van der Waals surface area contributed by atoms with Crippen LogP contribution >= 0.6 is 0 Å². The lowest BCUT2D eigenvalue weighted by Gasteiger charge is -2.25. The van der Waals surface area contributed by atoms with Crippen LogP contribution in [0.25, 0.3) is 5.76 Å². The van der Waals surface area contributed by atoms with Gasteiger partial charge in [-0.2, -0.15) is 0 Å². The maximum absolute atomic E-state index is 13.2. The minimum absolute atomic E-state index is 0.120. The van der Waals surface area contributed by atoms with Gasteiger partial charge in [0.1, 0.15) is 11.5 Å². The third-order valence-electron chi connectivity index (χ3n) is 6.14. The number of hydrogen-bond acceptors (Lipinski definition) is 4. The number of hydrogen-bond donors (Lipinski definition) is 1. The van der Waals surface area contributed by atoms with Gasteiger partial charge in [0.25, 0.3) is 11.7 Å². The Bertz CT molecular complexity index is 1090. The normalized spacial score (nSPS) is 18.1. The van der Waals surface area contributed by atoms with Crippen LogP contribution in [0.4, 0.5) is 0 Å². The largest absolute Gasteiger partial charge is 0.507 e. The smallest absolute Gasteiger partial charge is 0.295 e.